The Bertz CT molecular complexity index is 232. The first-order valence-electron chi connectivity index (χ1n) is 7.54. The van der Waals surface area contributed by atoms with Crippen molar-refractivity contribution in [3.05, 3.63) is 0 Å². The lowest BCUT2D eigenvalue weighted by atomic mass is 10.1. The van der Waals surface area contributed by atoms with Gasteiger partial charge in [0.1, 0.15) is 6.61 Å². The van der Waals surface area contributed by atoms with Crippen LogP contribution < -0.4 is 5.73 Å². The smallest absolute Gasteiger partial charge is 0.409 e. The molecule has 0 fully saturated rings. The van der Waals surface area contributed by atoms with Crippen LogP contribution in [0.15, 0.2) is 0 Å². The van der Waals surface area contributed by atoms with E-state index in [1.165, 1.54) is 0 Å². The number of ether oxygens (including phenoxy) is 1. The van der Waals surface area contributed by atoms with Crippen LogP contribution in [0.4, 0.5) is 4.79 Å². The van der Waals surface area contributed by atoms with Crippen LogP contribution in [-0.4, -0.2) is 36.7 Å². The van der Waals surface area contributed by atoms with Crippen molar-refractivity contribution < 1.29 is 9.53 Å². The summed E-state index contributed by atoms with van der Waals surface area (Å²) >= 11 is 0. The van der Waals surface area contributed by atoms with E-state index in [2.05, 4.69) is 34.6 Å². The van der Waals surface area contributed by atoms with Crippen molar-refractivity contribution in [3.63, 3.8) is 0 Å². The Morgan fingerprint density at radius 2 is 1.68 bits per heavy atom. The summed E-state index contributed by atoms with van der Waals surface area (Å²) in [6.07, 6.45) is 2.89. The maximum Gasteiger partial charge on any atom is 0.409 e. The maximum atomic E-state index is 12.0. The van der Waals surface area contributed by atoms with Gasteiger partial charge in [-0.3, -0.25) is 0 Å². The van der Waals surface area contributed by atoms with Gasteiger partial charge in [-0.25, -0.2) is 4.79 Å². The Hall–Kier alpha value is -0.770. The fourth-order valence-corrected chi connectivity index (χ4v) is 1.92. The molecule has 0 aliphatic rings. The first-order valence-corrected chi connectivity index (χ1v) is 7.54. The largest absolute Gasteiger partial charge is 0.448 e. The van der Waals surface area contributed by atoms with Crippen molar-refractivity contribution in [2.75, 3.05) is 19.7 Å². The molecule has 0 rings (SSSR count). The van der Waals surface area contributed by atoms with E-state index in [-0.39, 0.29) is 12.1 Å². The van der Waals surface area contributed by atoms with E-state index < -0.39 is 0 Å². The van der Waals surface area contributed by atoms with Crippen LogP contribution in [0, 0.1) is 11.8 Å². The molecular formula is C15H32N2O2. The minimum absolute atomic E-state index is 0.0381. The van der Waals surface area contributed by atoms with Crippen molar-refractivity contribution in [2.24, 2.45) is 17.6 Å². The Morgan fingerprint density at radius 3 is 2.11 bits per heavy atom. The summed E-state index contributed by atoms with van der Waals surface area (Å²) in [7, 11) is 0. The number of rotatable bonds is 9. The zero-order valence-corrected chi connectivity index (χ0v) is 13.3. The molecule has 114 valence electrons. The van der Waals surface area contributed by atoms with Gasteiger partial charge < -0.3 is 15.4 Å². The average Bonchev–Trinajstić information content (AvgIpc) is 2.31. The Morgan fingerprint density at radius 1 is 1.16 bits per heavy atom. The molecule has 0 aliphatic carbocycles. The molecule has 1 amide bonds. The highest BCUT2D eigenvalue weighted by Crippen LogP contribution is 2.07. The van der Waals surface area contributed by atoms with Crippen molar-refractivity contribution in [2.45, 2.75) is 59.9 Å². The van der Waals surface area contributed by atoms with Gasteiger partial charge in [-0.15, -0.1) is 0 Å². The first kappa shape index (κ1) is 18.2. The van der Waals surface area contributed by atoms with Crippen LogP contribution in [0.2, 0.25) is 0 Å². The predicted octanol–water partition coefficient (Wildman–Crippen LogP) is 3.25. The molecular weight excluding hydrogens is 240 g/mol. The lowest BCUT2D eigenvalue weighted by Crippen LogP contribution is -2.39. The summed E-state index contributed by atoms with van der Waals surface area (Å²) < 4.78 is 5.33. The number of nitrogens with two attached hydrogens (primary N) is 1. The number of nitrogens with zero attached hydrogens (tertiary/aromatic N) is 1. The lowest BCUT2D eigenvalue weighted by Gasteiger charge is -2.26. The van der Waals surface area contributed by atoms with Gasteiger partial charge >= 0.3 is 6.09 Å². The molecule has 4 heteroatoms. The van der Waals surface area contributed by atoms with Gasteiger partial charge in [0.15, 0.2) is 0 Å². The van der Waals surface area contributed by atoms with Crippen LogP contribution in [0.1, 0.15) is 53.9 Å². The SMILES string of the molecule is CCCC[C@@H](N)COC(=O)N(CC(C)C)CC(C)C. The van der Waals surface area contributed by atoms with Crippen LogP contribution >= 0.6 is 0 Å². The Balaban J connectivity index is 4.15. The fraction of sp³-hybridized carbons (Fsp3) is 0.933. The minimum Gasteiger partial charge on any atom is -0.448 e. The number of unbranched alkanes of at least 4 members (excludes halogenated alkanes) is 1. The highest BCUT2D eigenvalue weighted by Gasteiger charge is 2.18. The van der Waals surface area contributed by atoms with Gasteiger partial charge in [0.2, 0.25) is 0 Å². The molecule has 0 radical (unpaired) electrons. The number of hydrogen-bond donors (Lipinski definition) is 1. The summed E-state index contributed by atoms with van der Waals surface area (Å²) in [6.45, 7) is 12.3. The van der Waals surface area contributed by atoms with E-state index in [1.54, 1.807) is 4.90 Å². The standard InChI is InChI=1S/C15H32N2O2/c1-6-7-8-14(16)11-19-15(18)17(9-12(2)3)10-13(4)5/h12-14H,6-11,16H2,1-5H3/t14-/m1/s1. The summed E-state index contributed by atoms with van der Waals surface area (Å²) in [5.74, 6) is 0.889. The Kier molecular flexibility index (Phi) is 9.66. The molecule has 19 heavy (non-hydrogen) atoms. The average molecular weight is 272 g/mol. The third-order valence-corrected chi connectivity index (χ3v) is 2.78. The molecule has 0 saturated carbocycles. The molecule has 2 N–H and O–H groups in total. The molecule has 0 saturated heterocycles. The normalized spacial score (nSPS) is 12.8. The van der Waals surface area contributed by atoms with Crippen molar-refractivity contribution in [1.82, 2.24) is 4.90 Å². The summed E-state index contributed by atoms with van der Waals surface area (Å²) in [4.78, 5) is 13.8. The molecule has 4 nitrogen and oxygen atoms in total. The van der Waals surface area contributed by atoms with Crippen molar-refractivity contribution in [1.29, 1.82) is 0 Å². The van der Waals surface area contributed by atoms with Crippen LogP contribution in [0.25, 0.3) is 0 Å². The molecule has 0 aromatic carbocycles. The fourth-order valence-electron chi connectivity index (χ4n) is 1.92. The van der Waals surface area contributed by atoms with E-state index in [4.69, 9.17) is 10.5 Å². The van der Waals surface area contributed by atoms with Gasteiger partial charge in [-0.1, -0.05) is 47.5 Å². The zero-order chi connectivity index (χ0) is 14.8. The van der Waals surface area contributed by atoms with E-state index >= 15 is 0 Å². The van der Waals surface area contributed by atoms with Crippen molar-refractivity contribution in [3.8, 4) is 0 Å². The van der Waals surface area contributed by atoms with Crippen LogP contribution in [0.3, 0.4) is 0 Å². The first-order chi connectivity index (χ1) is 8.86. The monoisotopic (exact) mass is 272 g/mol. The van der Waals surface area contributed by atoms with E-state index in [0.29, 0.717) is 18.4 Å². The topological polar surface area (TPSA) is 55.6 Å². The number of hydrogen-bond acceptors (Lipinski definition) is 3. The van der Waals surface area contributed by atoms with Gasteiger partial charge in [-0.2, -0.15) is 0 Å². The molecule has 1 atom stereocenters. The molecule has 0 heterocycles. The third-order valence-electron chi connectivity index (χ3n) is 2.78. The molecule has 0 aliphatic heterocycles. The number of amides is 1. The summed E-state index contributed by atoms with van der Waals surface area (Å²) in [5.41, 5.74) is 5.91. The van der Waals surface area contributed by atoms with Gasteiger partial charge in [0, 0.05) is 19.1 Å². The number of carbonyl (C=O) groups is 1. The Labute approximate surface area is 118 Å². The van der Waals surface area contributed by atoms with E-state index in [0.717, 1.165) is 32.4 Å². The maximum absolute atomic E-state index is 12.0. The molecule has 0 unspecified atom stereocenters. The second kappa shape index (κ2) is 10.1. The molecule has 0 spiro atoms. The van der Waals surface area contributed by atoms with Gasteiger partial charge in [-0.05, 0) is 18.3 Å². The highest BCUT2D eigenvalue weighted by molar-refractivity contribution is 5.67. The predicted molar refractivity (Wildman–Crippen MR) is 80.1 cm³/mol. The molecule has 0 aromatic heterocycles. The van der Waals surface area contributed by atoms with E-state index in [1.807, 2.05) is 0 Å². The van der Waals surface area contributed by atoms with Crippen molar-refractivity contribution >= 4 is 6.09 Å². The number of carbonyl (C=O) groups excluding carboxylic acids is 1. The summed E-state index contributed by atoms with van der Waals surface area (Å²) in [5, 5.41) is 0. The molecule has 0 bridgehead atoms. The molecule has 0 aromatic rings. The third kappa shape index (κ3) is 9.77. The zero-order valence-electron chi connectivity index (χ0n) is 13.3. The lowest BCUT2D eigenvalue weighted by molar-refractivity contribution is 0.0874. The second-order valence-corrected chi connectivity index (χ2v) is 6.17. The van der Waals surface area contributed by atoms with Crippen LogP contribution in [0.5, 0.6) is 0 Å². The minimum atomic E-state index is -0.227. The highest BCUT2D eigenvalue weighted by atomic mass is 16.6. The summed E-state index contributed by atoms with van der Waals surface area (Å²) in [6, 6.07) is -0.0381. The van der Waals surface area contributed by atoms with Gasteiger partial charge in [0.05, 0.1) is 0 Å². The van der Waals surface area contributed by atoms with Gasteiger partial charge in [0.25, 0.3) is 0 Å². The van der Waals surface area contributed by atoms with E-state index in [9.17, 15) is 4.79 Å². The van der Waals surface area contributed by atoms with Crippen LogP contribution in [-0.2, 0) is 4.74 Å². The quantitative estimate of drug-likeness (QED) is 0.701. The second-order valence-electron chi connectivity index (χ2n) is 6.17.